The zero-order valence-corrected chi connectivity index (χ0v) is 14.7. The van der Waals surface area contributed by atoms with E-state index in [9.17, 15) is 8.42 Å². The van der Waals surface area contributed by atoms with Crippen molar-refractivity contribution in [2.24, 2.45) is 0 Å². The van der Waals surface area contributed by atoms with E-state index in [1.165, 1.54) is 32.1 Å². The van der Waals surface area contributed by atoms with E-state index in [0.717, 1.165) is 23.6 Å². The molecule has 0 aliphatic rings. The van der Waals surface area contributed by atoms with Gasteiger partial charge >= 0.3 is 0 Å². The van der Waals surface area contributed by atoms with Crippen molar-refractivity contribution < 1.29 is 8.42 Å². The van der Waals surface area contributed by atoms with Gasteiger partial charge in [-0.3, -0.25) is 0 Å². The third-order valence-electron chi connectivity index (χ3n) is 4.10. The predicted molar refractivity (Wildman–Crippen MR) is 97.1 cm³/mol. The third-order valence-corrected chi connectivity index (χ3v) is 5.56. The lowest BCUT2D eigenvalue weighted by Gasteiger charge is -2.08. The maximum Gasteiger partial charge on any atom is 0.240 e. The fourth-order valence-corrected chi connectivity index (χ4v) is 3.82. The fourth-order valence-electron chi connectivity index (χ4n) is 2.71. The molecule has 0 unspecified atom stereocenters. The molecule has 0 bridgehead atoms. The van der Waals surface area contributed by atoms with Crippen LogP contribution in [0.2, 0.25) is 0 Å². The molecular formula is C19H27NO2S. The number of hydrogen-bond donors (Lipinski definition) is 1. The molecule has 0 aromatic heterocycles. The average molecular weight is 333 g/mol. The number of unbranched alkanes of at least 4 members (excludes halogenated alkanes) is 6. The molecule has 4 heteroatoms. The Balaban J connectivity index is 1.81. The lowest BCUT2D eigenvalue weighted by Crippen LogP contribution is -2.24. The first kappa shape index (κ1) is 18.0. The molecule has 0 radical (unpaired) electrons. The van der Waals surface area contributed by atoms with E-state index in [-0.39, 0.29) is 0 Å². The largest absolute Gasteiger partial charge is 0.240 e. The molecule has 0 amide bonds. The molecule has 0 aliphatic carbocycles. The monoisotopic (exact) mass is 333 g/mol. The third kappa shape index (κ3) is 5.63. The van der Waals surface area contributed by atoms with E-state index in [4.69, 9.17) is 0 Å². The first-order chi connectivity index (χ1) is 11.1. The van der Waals surface area contributed by atoms with Gasteiger partial charge in [0.2, 0.25) is 10.0 Å². The highest BCUT2D eigenvalue weighted by Gasteiger charge is 2.13. The number of nitrogens with one attached hydrogen (secondary N) is 1. The van der Waals surface area contributed by atoms with Crippen LogP contribution in [0.4, 0.5) is 0 Å². The van der Waals surface area contributed by atoms with Crippen molar-refractivity contribution in [3.05, 3.63) is 42.5 Å². The summed E-state index contributed by atoms with van der Waals surface area (Å²) in [5, 5.41) is 2.00. The molecule has 23 heavy (non-hydrogen) atoms. The minimum atomic E-state index is -3.40. The zero-order valence-electron chi connectivity index (χ0n) is 13.9. The van der Waals surface area contributed by atoms with Crippen molar-refractivity contribution in [3.63, 3.8) is 0 Å². The van der Waals surface area contributed by atoms with Crippen LogP contribution in [-0.4, -0.2) is 15.0 Å². The summed E-state index contributed by atoms with van der Waals surface area (Å²) < 4.78 is 27.4. The average Bonchev–Trinajstić information content (AvgIpc) is 2.57. The molecule has 1 N–H and O–H groups in total. The molecule has 0 saturated carbocycles. The molecule has 3 nitrogen and oxygen atoms in total. The topological polar surface area (TPSA) is 46.2 Å². The lowest BCUT2D eigenvalue weighted by molar-refractivity contribution is 0.563. The minimum absolute atomic E-state index is 0.346. The summed E-state index contributed by atoms with van der Waals surface area (Å²) in [6.45, 7) is 2.73. The van der Waals surface area contributed by atoms with Gasteiger partial charge in [0.05, 0.1) is 4.90 Å². The molecule has 0 atom stereocenters. The van der Waals surface area contributed by atoms with Gasteiger partial charge in [0.1, 0.15) is 0 Å². The van der Waals surface area contributed by atoms with Gasteiger partial charge in [-0.1, -0.05) is 75.8 Å². The number of benzene rings is 2. The Bertz CT molecular complexity index is 710. The molecule has 2 aromatic carbocycles. The van der Waals surface area contributed by atoms with E-state index >= 15 is 0 Å². The SMILES string of the molecule is CCCCCCCCCNS(=O)(=O)c1ccc2ccccc2c1. The highest BCUT2D eigenvalue weighted by molar-refractivity contribution is 7.89. The van der Waals surface area contributed by atoms with E-state index in [1.54, 1.807) is 12.1 Å². The van der Waals surface area contributed by atoms with E-state index < -0.39 is 10.0 Å². The Morgan fingerprint density at radius 2 is 1.48 bits per heavy atom. The van der Waals surface area contributed by atoms with Gasteiger partial charge in [-0.15, -0.1) is 0 Å². The summed E-state index contributed by atoms with van der Waals surface area (Å²) in [6.07, 6.45) is 8.28. The van der Waals surface area contributed by atoms with Crippen molar-refractivity contribution >= 4 is 20.8 Å². The standard InChI is InChI=1S/C19H27NO2S/c1-2-3-4-5-6-7-10-15-20-23(21,22)19-14-13-17-11-8-9-12-18(17)16-19/h8-9,11-14,16,20H,2-7,10,15H2,1H3. The normalized spacial score (nSPS) is 11.9. The van der Waals surface area contributed by atoms with Crippen LogP contribution in [0.5, 0.6) is 0 Å². The van der Waals surface area contributed by atoms with E-state index in [0.29, 0.717) is 11.4 Å². The van der Waals surface area contributed by atoms with Crippen LogP contribution in [-0.2, 0) is 10.0 Å². The van der Waals surface area contributed by atoms with Gasteiger partial charge in [0.15, 0.2) is 0 Å². The van der Waals surface area contributed by atoms with Gasteiger partial charge in [-0.25, -0.2) is 13.1 Å². The Kier molecular flexibility index (Phi) is 7.06. The summed E-state index contributed by atoms with van der Waals surface area (Å²) >= 11 is 0. The first-order valence-electron chi connectivity index (χ1n) is 8.62. The van der Waals surface area contributed by atoms with Gasteiger partial charge in [-0.2, -0.15) is 0 Å². The number of rotatable bonds is 10. The second kappa shape index (κ2) is 9.04. The Morgan fingerprint density at radius 3 is 2.22 bits per heavy atom. The van der Waals surface area contributed by atoms with Crippen LogP contribution >= 0.6 is 0 Å². The molecule has 0 saturated heterocycles. The van der Waals surface area contributed by atoms with Gasteiger partial charge < -0.3 is 0 Å². The van der Waals surface area contributed by atoms with Gasteiger partial charge in [-0.05, 0) is 29.3 Å². The van der Waals surface area contributed by atoms with Crippen LogP contribution < -0.4 is 4.72 Å². The minimum Gasteiger partial charge on any atom is -0.211 e. The Hall–Kier alpha value is -1.39. The molecular weight excluding hydrogens is 306 g/mol. The highest BCUT2D eigenvalue weighted by Crippen LogP contribution is 2.18. The Morgan fingerprint density at radius 1 is 0.826 bits per heavy atom. The molecule has 2 rings (SSSR count). The van der Waals surface area contributed by atoms with Crippen LogP contribution in [0, 0.1) is 0 Å². The fraction of sp³-hybridized carbons (Fsp3) is 0.474. The van der Waals surface area contributed by atoms with Crippen molar-refractivity contribution in [1.29, 1.82) is 0 Å². The van der Waals surface area contributed by atoms with Crippen LogP contribution in [0.25, 0.3) is 10.8 Å². The summed E-state index contributed by atoms with van der Waals surface area (Å²) in [7, 11) is -3.40. The second-order valence-electron chi connectivity index (χ2n) is 6.03. The quantitative estimate of drug-likeness (QED) is 0.631. The van der Waals surface area contributed by atoms with Crippen molar-refractivity contribution in [3.8, 4) is 0 Å². The van der Waals surface area contributed by atoms with E-state index in [2.05, 4.69) is 11.6 Å². The molecule has 0 spiro atoms. The smallest absolute Gasteiger partial charge is 0.211 e. The van der Waals surface area contributed by atoms with Gasteiger partial charge in [0.25, 0.3) is 0 Å². The predicted octanol–water partition coefficient (Wildman–Crippen LogP) is 4.87. The molecule has 0 fully saturated rings. The molecule has 0 aliphatic heterocycles. The molecule has 0 heterocycles. The first-order valence-corrected chi connectivity index (χ1v) is 10.1. The van der Waals surface area contributed by atoms with Crippen molar-refractivity contribution in [2.75, 3.05) is 6.54 Å². The number of sulfonamides is 1. The van der Waals surface area contributed by atoms with E-state index in [1.807, 2.05) is 30.3 Å². The summed E-state index contributed by atoms with van der Waals surface area (Å²) in [4.78, 5) is 0.346. The van der Waals surface area contributed by atoms with Crippen LogP contribution in [0.1, 0.15) is 51.9 Å². The van der Waals surface area contributed by atoms with Crippen LogP contribution in [0.15, 0.2) is 47.4 Å². The van der Waals surface area contributed by atoms with Gasteiger partial charge in [0, 0.05) is 6.54 Å². The second-order valence-corrected chi connectivity index (χ2v) is 7.80. The van der Waals surface area contributed by atoms with Crippen LogP contribution in [0.3, 0.4) is 0 Å². The zero-order chi connectivity index (χ0) is 16.5. The highest BCUT2D eigenvalue weighted by atomic mass is 32.2. The van der Waals surface area contributed by atoms with Crippen molar-refractivity contribution in [2.45, 2.75) is 56.8 Å². The number of fused-ring (bicyclic) bond motifs is 1. The Labute approximate surface area is 140 Å². The summed E-state index contributed by atoms with van der Waals surface area (Å²) in [5.41, 5.74) is 0. The summed E-state index contributed by atoms with van der Waals surface area (Å²) in [5.74, 6) is 0. The summed E-state index contributed by atoms with van der Waals surface area (Å²) in [6, 6.07) is 13.1. The lowest BCUT2D eigenvalue weighted by atomic mass is 10.1. The molecule has 126 valence electrons. The maximum atomic E-state index is 12.3. The number of hydrogen-bond acceptors (Lipinski definition) is 2. The van der Waals surface area contributed by atoms with Crippen molar-refractivity contribution in [1.82, 2.24) is 4.72 Å². The molecule has 2 aromatic rings. The maximum absolute atomic E-state index is 12.3.